The van der Waals surface area contributed by atoms with Crippen LogP contribution in [0.5, 0.6) is 0 Å². The van der Waals surface area contributed by atoms with Crippen molar-refractivity contribution in [2.75, 3.05) is 17.7 Å². The minimum Gasteiger partial charge on any atom is -0.472 e. The van der Waals surface area contributed by atoms with Gasteiger partial charge in [-0.05, 0) is 6.07 Å². The van der Waals surface area contributed by atoms with Crippen molar-refractivity contribution in [1.29, 1.82) is 0 Å². The number of hydrogen-bond donors (Lipinski definition) is 3. The fraction of sp³-hybridized carbons (Fsp3) is 0.250. The van der Waals surface area contributed by atoms with Crippen LogP contribution in [0, 0.1) is 0 Å². The molecule has 0 saturated heterocycles. The van der Waals surface area contributed by atoms with Crippen LogP contribution >= 0.6 is 0 Å². The number of H-pyrrole nitrogens is 1. The third kappa shape index (κ3) is 1.85. The van der Waals surface area contributed by atoms with Crippen LogP contribution in [0.1, 0.15) is 5.56 Å². The zero-order valence-corrected chi connectivity index (χ0v) is 7.74. The molecule has 0 atom stereocenters. The molecule has 2 aromatic heterocycles. The van der Waals surface area contributed by atoms with Crippen molar-refractivity contribution in [2.45, 2.75) is 6.54 Å². The number of aromatic nitrogens is 3. The van der Waals surface area contributed by atoms with Crippen molar-refractivity contribution in [1.82, 2.24) is 15.2 Å². The van der Waals surface area contributed by atoms with Gasteiger partial charge in [0.2, 0.25) is 11.9 Å². The van der Waals surface area contributed by atoms with Crippen molar-refractivity contribution < 1.29 is 4.42 Å². The highest BCUT2D eigenvalue weighted by atomic mass is 16.3. The summed E-state index contributed by atoms with van der Waals surface area (Å²) >= 11 is 0. The first-order valence-corrected chi connectivity index (χ1v) is 4.23. The normalized spacial score (nSPS) is 10.1. The third-order valence-corrected chi connectivity index (χ3v) is 1.75. The molecular formula is C8H11N5O. The summed E-state index contributed by atoms with van der Waals surface area (Å²) in [6.45, 7) is 0.662. The van der Waals surface area contributed by atoms with Gasteiger partial charge in [0.05, 0.1) is 12.5 Å². The Bertz CT molecular complexity index is 380. The summed E-state index contributed by atoms with van der Waals surface area (Å²) in [4.78, 5) is 4.11. The third-order valence-electron chi connectivity index (χ3n) is 1.75. The molecule has 0 radical (unpaired) electrons. The minimum atomic E-state index is 0.569. The summed E-state index contributed by atoms with van der Waals surface area (Å²) in [7, 11) is 1.77. The summed E-state index contributed by atoms with van der Waals surface area (Å²) < 4.78 is 4.93. The highest BCUT2D eigenvalue weighted by Crippen LogP contribution is 2.05. The van der Waals surface area contributed by atoms with E-state index in [1.807, 2.05) is 6.07 Å². The lowest BCUT2D eigenvalue weighted by Crippen LogP contribution is -1.99. The lowest BCUT2D eigenvalue weighted by atomic mass is 10.3. The van der Waals surface area contributed by atoms with E-state index in [2.05, 4.69) is 25.8 Å². The molecule has 0 unspecified atom stereocenters. The maximum absolute atomic E-state index is 4.93. The van der Waals surface area contributed by atoms with E-state index in [-0.39, 0.29) is 0 Å². The van der Waals surface area contributed by atoms with Crippen LogP contribution in [0.2, 0.25) is 0 Å². The van der Waals surface area contributed by atoms with Crippen LogP contribution in [0.3, 0.4) is 0 Å². The van der Waals surface area contributed by atoms with Gasteiger partial charge in [0, 0.05) is 19.2 Å². The van der Waals surface area contributed by atoms with Crippen LogP contribution in [0.4, 0.5) is 11.9 Å². The van der Waals surface area contributed by atoms with Crippen molar-refractivity contribution in [3.8, 4) is 0 Å². The number of nitrogens with one attached hydrogen (secondary N) is 3. The van der Waals surface area contributed by atoms with Crippen LogP contribution in [0.15, 0.2) is 23.0 Å². The number of furan rings is 1. The van der Waals surface area contributed by atoms with Gasteiger partial charge in [-0.25, -0.2) is 5.10 Å². The van der Waals surface area contributed by atoms with Gasteiger partial charge in [0.25, 0.3) is 0 Å². The van der Waals surface area contributed by atoms with Gasteiger partial charge in [-0.1, -0.05) is 0 Å². The lowest BCUT2D eigenvalue weighted by Gasteiger charge is -1.97. The Labute approximate surface area is 80.7 Å². The molecule has 0 saturated carbocycles. The van der Waals surface area contributed by atoms with Gasteiger partial charge in [-0.2, -0.15) is 4.98 Å². The molecule has 6 nitrogen and oxygen atoms in total. The second kappa shape index (κ2) is 3.82. The number of anilines is 2. The Morgan fingerprint density at radius 2 is 2.50 bits per heavy atom. The van der Waals surface area contributed by atoms with Crippen molar-refractivity contribution in [2.24, 2.45) is 0 Å². The molecule has 0 spiro atoms. The Morgan fingerprint density at radius 1 is 1.57 bits per heavy atom. The molecule has 0 aliphatic carbocycles. The van der Waals surface area contributed by atoms with Gasteiger partial charge in [0.1, 0.15) is 0 Å². The summed E-state index contributed by atoms with van der Waals surface area (Å²) in [6.07, 6.45) is 3.32. The van der Waals surface area contributed by atoms with Gasteiger partial charge < -0.3 is 15.1 Å². The first-order valence-electron chi connectivity index (χ1n) is 4.23. The predicted octanol–water partition coefficient (Wildman–Crippen LogP) is 1.05. The largest absolute Gasteiger partial charge is 0.472 e. The number of rotatable bonds is 4. The molecule has 2 rings (SSSR count). The monoisotopic (exact) mass is 193 g/mol. The topological polar surface area (TPSA) is 78.8 Å². The predicted molar refractivity (Wildman–Crippen MR) is 52.0 cm³/mol. The molecule has 3 N–H and O–H groups in total. The Hall–Kier alpha value is -1.98. The van der Waals surface area contributed by atoms with Crippen molar-refractivity contribution in [3.05, 3.63) is 24.2 Å². The minimum absolute atomic E-state index is 0.569. The smallest absolute Gasteiger partial charge is 0.243 e. The van der Waals surface area contributed by atoms with Gasteiger partial charge in [0.15, 0.2) is 0 Å². The second-order valence-electron chi connectivity index (χ2n) is 2.74. The zero-order chi connectivity index (χ0) is 9.80. The average Bonchev–Trinajstić information content (AvgIpc) is 2.86. The molecule has 2 heterocycles. The van der Waals surface area contributed by atoms with E-state index in [9.17, 15) is 0 Å². The molecule has 2 aromatic rings. The van der Waals surface area contributed by atoms with E-state index in [0.717, 1.165) is 5.56 Å². The van der Waals surface area contributed by atoms with E-state index < -0.39 is 0 Å². The first-order chi connectivity index (χ1) is 6.88. The van der Waals surface area contributed by atoms with E-state index >= 15 is 0 Å². The van der Waals surface area contributed by atoms with E-state index in [1.54, 1.807) is 19.6 Å². The van der Waals surface area contributed by atoms with Crippen LogP contribution < -0.4 is 10.6 Å². The second-order valence-corrected chi connectivity index (χ2v) is 2.74. The molecule has 0 fully saturated rings. The number of hydrogen-bond acceptors (Lipinski definition) is 5. The van der Waals surface area contributed by atoms with Crippen LogP contribution in [-0.4, -0.2) is 22.2 Å². The van der Waals surface area contributed by atoms with Crippen molar-refractivity contribution in [3.63, 3.8) is 0 Å². The molecule has 0 bridgehead atoms. The average molecular weight is 193 g/mol. The standard InChI is InChI=1S/C8H11N5O/c1-9-7-11-8(13-12-7)10-4-6-2-3-14-5-6/h2-3,5H,4H2,1H3,(H3,9,10,11,12,13). The maximum atomic E-state index is 4.93. The highest BCUT2D eigenvalue weighted by molar-refractivity contribution is 5.33. The molecule has 0 aromatic carbocycles. The Kier molecular flexibility index (Phi) is 2.35. The first kappa shape index (κ1) is 8.61. The lowest BCUT2D eigenvalue weighted by molar-refractivity contribution is 0.564. The summed E-state index contributed by atoms with van der Waals surface area (Å²) in [5, 5.41) is 12.6. The zero-order valence-electron chi connectivity index (χ0n) is 7.74. The molecule has 0 amide bonds. The molecule has 14 heavy (non-hydrogen) atoms. The molecule has 0 aliphatic heterocycles. The SMILES string of the molecule is CNc1n[nH]c(NCc2ccoc2)n1. The van der Waals surface area contributed by atoms with Gasteiger partial charge >= 0.3 is 0 Å². The van der Waals surface area contributed by atoms with E-state index in [0.29, 0.717) is 18.4 Å². The number of nitrogens with zero attached hydrogens (tertiary/aromatic N) is 2. The highest BCUT2D eigenvalue weighted by Gasteiger charge is 2.00. The molecule has 6 heteroatoms. The quantitative estimate of drug-likeness (QED) is 0.676. The fourth-order valence-electron chi connectivity index (χ4n) is 1.03. The Balaban J connectivity index is 1.92. The maximum Gasteiger partial charge on any atom is 0.243 e. The number of aromatic amines is 1. The van der Waals surface area contributed by atoms with Gasteiger partial charge in [-0.15, -0.1) is 5.10 Å². The fourth-order valence-corrected chi connectivity index (χ4v) is 1.03. The van der Waals surface area contributed by atoms with Crippen molar-refractivity contribution >= 4 is 11.9 Å². The Morgan fingerprint density at radius 3 is 3.14 bits per heavy atom. The van der Waals surface area contributed by atoms with Crippen LogP contribution in [-0.2, 0) is 6.54 Å². The molecule has 0 aliphatic rings. The van der Waals surface area contributed by atoms with Crippen LogP contribution in [0.25, 0.3) is 0 Å². The molecular weight excluding hydrogens is 182 g/mol. The molecule has 74 valence electrons. The summed E-state index contributed by atoms with van der Waals surface area (Å²) in [6, 6.07) is 1.89. The summed E-state index contributed by atoms with van der Waals surface area (Å²) in [5.41, 5.74) is 1.06. The summed E-state index contributed by atoms with van der Waals surface area (Å²) in [5.74, 6) is 1.20. The van der Waals surface area contributed by atoms with Gasteiger partial charge in [-0.3, -0.25) is 0 Å². The van der Waals surface area contributed by atoms with E-state index in [1.165, 1.54) is 0 Å². The van der Waals surface area contributed by atoms with E-state index in [4.69, 9.17) is 4.42 Å².